The van der Waals surface area contributed by atoms with Gasteiger partial charge in [0.2, 0.25) is 0 Å². The maximum Gasteiger partial charge on any atom is 0.156 e. The molecule has 1 unspecified atom stereocenters. The highest BCUT2D eigenvalue weighted by Crippen LogP contribution is 2.16. The predicted octanol–water partition coefficient (Wildman–Crippen LogP) is 0.365. The second-order valence-electron chi connectivity index (χ2n) is 2.49. The molecule has 1 aromatic rings. The second kappa shape index (κ2) is 3.50. The van der Waals surface area contributed by atoms with E-state index in [-0.39, 0.29) is 12.6 Å². The molecule has 3 N–H and O–H groups in total. The monoisotopic (exact) mass is 156 g/mol. The van der Waals surface area contributed by atoms with Gasteiger partial charge in [-0.2, -0.15) is 0 Å². The van der Waals surface area contributed by atoms with Crippen LogP contribution in [0, 0.1) is 6.92 Å². The van der Waals surface area contributed by atoms with Crippen LogP contribution in [-0.2, 0) is 0 Å². The first kappa shape index (κ1) is 8.23. The van der Waals surface area contributed by atoms with Crippen LogP contribution in [0.3, 0.4) is 0 Å². The molecule has 4 heteroatoms. The fraction of sp³-hybridized carbons (Fsp3) is 0.571. The lowest BCUT2D eigenvalue weighted by molar-refractivity contribution is 0.261. The van der Waals surface area contributed by atoms with E-state index in [9.17, 15) is 0 Å². The van der Waals surface area contributed by atoms with Crippen molar-refractivity contribution in [1.29, 1.82) is 0 Å². The third kappa shape index (κ3) is 1.78. The average Bonchev–Trinajstić information content (AvgIpc) is 2.36. The highest BCUT2D eigenvalue weighted by molar-refractivity contribution is 5.14. The van der Waals surface area contributed by atoms with Crippen LogP contribution in [0.1, 0.15) is 23.8 Å². The molecule has 0 spiro atoms. The van der Waals surface area contributed by atoms with E-state index in [0.717, 1.165) is 5.56 Å². The molecule has 4 nitrogen and oxygen atoms in total. The van der Waals surface area contributed by atoms with E-state index in [0.29, 0.717) is 12.2 Å². The summed E-state index contributed by atoms with van der Waals surface area (Å²) in [5.41, 5.74) is 6.59. The first-order valence-corrected chi connectivity index (χ1v) is 3.53. The molecular formula is C7H12N2O2. The van der Waals surface area contributed by atoms with Crippen LogP contribution in [0.25, 0.3) is 0 Å². The highest BCUT2D eigenvalue weighted by Gasteiger charge is 2.12. The van der Waals surface area contributed by atoms with Gasteiger partial charge in [-0.25, -0.2) is 0 Å². The summed E-state index contributed by atoms with van der Waals surface area (Å²) in [6.07, 6.45) is 2.13. The summed E-state index contributed by atoms with van der Waals surface area (Å²) in [4.78, 5) is 0. The number of aromatic nitrogens is 1. The molecule has 62 valence electrons. The van der Waals surface area contributed by atoms with Crippen LogP contribution in [-0.4, -0.2) is 16.9 Å². The summed E-state index contributed by atoms with van der Waals surface area (Å²) in [6.45, 7) is 1.95. The lowest BCUT2D eigenvalue weighted by Gasteiger charge is -2.05. The Bertz CT molecular complexity index is 222. The average molecular weight is 156 g/mol. The Morgan fingerprint density at radius 3 is 3.00 bits per heavy atom. The Hall–Kier alpha value is -0.870. The van der Waals surface area contributed by atoms with Crippen LogP contribution in [0.15, 0.2) is 10.7 Å². The van der Waals surface area contributed by atoms with Crippen LogP contribution >= 0.6 is 0 Å². The summed E-state index contributed by atoms with van der Waals surface area (Å²) in [7, 11) is 0. The third-order valence-electron chi connectivity index (χ3n) is 1.56. The van der Waals surface area contributed by atoms with E-state index in [1.807, 2.05) is 6.92 Å². The number of hydrogen-bond acceptors (Lipinski definition) is 4. The van der Waals surface area contributed by atoms with Crippen LogP contribution in [0.2, 0.25) is 0 Å². The zero-order valence-corrected chi connectivity index (χ0v) is 6.45. The number of aliphatic hydroxyl groups is 1. The third-order valence-corrected chi connectivity index (χ3v) is 1.56. The van der Waals surface area contributed by atoms with Gasteiger partial charge in [0.25, 0.3) is 0 Å². The van der Waals surface area contributed by atoms with Crippen molar-refractivity contribution >= 4 is 0 Å². The maximum atomic E-state index is 8.58. The molecule has 0 bridgehead atoms. The number of rotatable bonds is 3. The molecule has 0 amide bonds. The van der Waals surface area contributed by atoms with Gasteiger partial charge in [0.05, 0.1) is 12.2 Å². The van der Waals surface area contributed by atoms with E-state index < -0.39 is 0 Å². The van der Waals surface area contributed by atoms with Crippen molar-refractivity contribution in [2.75, 3.05) is 6.61 Å². The molecule has 1 aromatic heterocycles. The van der Waals surface area contributed by atoms with Crippen molar-refractivity contribution in [1.82, 2.24) is 5.16 Å². The summed E-state index contributed by atoms with van der Waals surface area (Å²) in [5, 5.41) is 12.2. The normalized spacial score (nSPS) is 13.4. The Kier molecular flexibility index (Phi) is 2.62. The zero-order chi connectivity index (χ0) is 8.27. The molecule has 0 saturated heterocycles. The summed E-state index contributed by atoms with van der Waals surface area (Å²) in [5.74, 6) is 0.666. The van der Waals surface area contributed by atoms with Crippen molar-refractivity contribution in [2.24, 2.45) is 5.73 Å². The Labute approximate surface area is 65.0 Å². The van der Waals surface area contributed by atoms with E-state index >= 15 is 0 Å². The molecule has 11 heavy (non-hydrogen) atoms. The number of hydrogen-bond donors (Lipinski definition) is 2. The maximum absolute atomic E-state index is 8.58. The Morgan fingerprint density at radius 1 is 1.82 bits per heavy atom. The van der Waals surface area contributed by atoms with Gasteiger partial charge in [0.1, 0.15) is 0 Å². The van der Waals surface area contributed by atoms with Crippen LogP contribution in [0.4, 0.5) is 0 Å². The van der Waals surface area contributed by atoms with Gasteiger partial charge in [-0.1, -0.05) is 5.16 Å². The van der Waals surface area contributed by atoms with Crippen molar-refractivity contribution in [3.05, 3.63) is 17.5 Å². The summed E-state index contributed by atoms with van der Waals surface area (Å²) >= 11 is 0. The SMILES string of the molecule is Cc1cnoc1C(N)CCO. The van der Waals surface area contributed by atoms with Gasteiger partial charge in [-0.15, -0.1) is 0 Å². The topological polar surface area (TPSA) is 72.3 Å². The van der Waals surface area contributed by atoms with Crippen molar-refractivity contribution < 1.29 is 9.63 Å². The zero-order valence-electron chi connectivity index (χ0n) is 6.45. The fourth-order valence-electron chi connectivity index (χ4n) is 0.928. The minimum Gasteiger partial charge on any atom is -0.396 e. The van der Waals surface area contributed by atoms with Crippen molar-refractivity contribution in [3.63, 3.8) is 0 Å². The standard InChI is InChI=1S/C7H12N2O2/c1-5-4-9-11-7(5)6(8)2-3-10/h4,6,10H,2-3,8H2,1H3. The van der Waals surface area contributed by atoms with Crippen molar-refractivity contribution in [2.45, 2.75) is 19.4 Å². The molecule has 1 rings (SSSR count). The summed E-state index contributed by atoms with van der Waals surface area (Å²) < 4.78 is 4.89. The molecule has 0 saturated carbocycles. The minimum absolute atomic E-state index is 0.0707. The lowest BCUT2D eigenvalue weighted by Crippen LogP contribution is -2.11. The van der Waals surface area contributed by atoms with Gasteiger partial charge in [0.15, 0.2) is 5.76 Å². The summed E-state index contributed by atoms with van der Waals surface area (Å²) in [6, 6.07) is -0.234. The molecular weight excluding hydrogens is 144 g/mol. The van der Waals surface area contributed by atoms with Gasteiger partial charge in [-0.3, -0.25) is 0 Å². The van der Waals surface area contributed by atoms with Gasteiger partial charge < -0.3 is 15.4 Å². The largest absolute Gasteiger partial charge is 0.396 e. The minimum atomic E-state index is -0.234. The van der Waals surface area contributed by atoms with Crippen LogP contribution in [0.5, 0.6) is 0 Å². The quantitative estimate of drug-likeness (QED) is 0.663. The lowest BCUT2D eigenvalue weighted by atomic mass is 10.1. The van der Waals surface area contributed by atoms with E-state index in [1.165, 1.54) is 0 Å². The highest BCUT2D eigenvalue weighted by atomic mass is 16.5. The van der Waals surface area contributed by atoms with E-state index in [2.05, 4.69) is 5.16 Å². The smallest absolute Gasteiger partial charge is 0.156 e. The predicted molar refractivity (Wildman–Crippen MR) is 39.9 cm³/mol. The van der Waals surface area contributed by atoms with Crippen LogP contribution < -0.4 is 5.73 Å². The molecule has 0 aromatic carbocycles. The van der Waals surface area contributed by atoms with Gasteiger partial charge in [-0.05, 0) is 13.3 Å². The first-order valence-electron chi connectivity index (χ1n) is 3.53. The van der Waals surface area contributed by atoms with Gasteiger partial charge >= 0.3 is 0 Å². The van der Waals surface area contributed by atoms with E-state index in [4.69, 9.17) is 15.4 Å². The first-order chi connectivity index (χ1) is 5.25. The van der Waals surface area contributed by atoms with Gasteiger partial charge in [0, 0.05) is 12.2 Å². The number of nitrogens with zero attached hydrogens (tertiary/aromatic N) is 1. The molecule has 1 atom stereocenters. The van der Waals surface area contributed by atoms with E-state index in [1.54, 1.807) is 6.20 Å². The number of aliphatic hydroxyl groups excluding tert-OH is 1. The molecule has 0 aliphatic heterocycles. The molecule has 0 aliphatic carbocycles. The number of nitrogens with two attached hydrogens (primary N) is 1. The Balaban J connectivity index is 2.67. The molecule has 0 fully saturated rings. The van der Waals surface area contributed by atoms with Crippen molar-refractivity contribution in [3.8, 4) is 0 Å². The second-order valence-corrected chi connectivity index (χ2v) is 2.49. The molecule has 0 aliphatic rings. The molecule has 1 heterocycles. The molecule has 0 radical (unpaired) electrons. The fourth-order valence-corrected chi connectivity index (χ4v) is 0.928. The Morgan fingerprint density at radius 2 is 2.55 bits per heavy atom. The number of aryl methyl sites for hydroxylation is 1.